The van der Waals surface area contributed by atoms with Gasteiger partial charge >= 0.3 is 0 Å². The van der Waals surface area contributed by atoms with Gasteiger partial charge in [-0.3, -0.25) is 9.63 Å². The number of anilines is 1. The van der Waals surface area contributed by atoms with Crippen molar-refractivity contribution in [2.75, 3.05) is 12.4 Å². The van der Waals surface area contributed by atoms with E-state index >= 15 is 0 Å². The van der Waals surface area contributed by atoms with Gasteiger partial charge in [-0.15, -0.1) is 0 Å². The lowest BCUT2D eigenvalue weighted by Crippen LogP contribution is -2.22. The highest BCUT2D eigenvalue weighted by atomic mass is 127. The fourth-order valence-corrected chi connectivity index (χ4v) is 2.85. The van der Waals surface area contributed by atoms with Crippen LogP contribution in [0.1, 0.15) is 10.4 Å². The van der Waals surface area contributed by atoms with E-state index in [-0.39, 0.29) is 10.8 Å². The molecule has 0 saturated heterocycles. The molecule has 0 heterocycles. The minimum atomic E-state index is -3.72. The zero-order valence-corrected chi connectivity index (χ0v) is 14.5. The van der Waals surface area contributed by atoms with Gasteiger partial charge in [-0.2, -0.15) is 0 Å². The Morgan fingerprint density at radius 2 is 1.64 bits per heavy atom. The first kappa shape index (κ1) is 16.9. The van der Waals surface area contributed by atoms with Crippen molar-refractivity contribution in [1.82, 2.24) is 4.89 Å². The van der Waals surface area contributed by atoms with Crippen LogP contribution in [0.4, 0.5) is 5.69 Å². The lowest BCUT2D eigenvalue weighted by molar-refractivity contribution is 0.102. The number of sulfonamides is 1. The average molecular weight is 432 g/mol. The van der Waals surface area contributed by atoms with Crippen LogP contribution in [-0.4, -0.2) is 21.4 Å². The van der Waals surface area contributed by atoms with Crippen molar-refractivity contribution >= 4 is 44.2 Å². The van der Waals surface area contributed by atoms with Crippen molar-refractivity contribution in [3.63, 3.8) is 0 Å². The highest BCUT2D eigenvalue weighted by Gasteiger charge is 2.14. The van der Waals surface area contributed by atoms with Gasteiger partial charge in [0.05, 0.1) is 12.0 Å². The first-order chi connectivity index (χ1) is 10.4. The number of nitrogens with one attached hydrogen (secondary N) is 2. The van der Waals surface area contributed by atoms with Crippen LogP contribution >= 0.6 is 22.6 Å². The van der Waals surface area contributed by atoms with Crippen LogP contribution in [0.25, 0.3) is 0 Å². The lowest BCUT2D eigenvalue weighted by atomic mass is 10.2. The molecule has 0 aromatic heterocycles. The summed E-state index contributed by atoms with van der Waals surface area (Å²) >= 11 is 2.17. The smallest absolute Gasteiger partial charge is 0.262 e. The topological polar surface area (TPSA) is 84.5 Å². The van der Waals surface area contributed by atoms with E-state index in [0.717, 1.165) is 3.57 Å². The Morgan fingerprint density at radius 1 is 1.05 bits per heavy atom. The summed E-state index contributed by atoms with van der Waals surface area (Å²) in [5.41, 5.74) is 1.03. The molecule has 0 fully saturated rings. The second-order valence-corrected chi connectivity index (χ2v) is 7.17. The van der Waals surface area contributed by atoms with Crippen LogP contribution in [0.2, 0.25) is 0 Å². The van der Waals surface area contributed by atoms with E-state index in [1.165, 1.54) is 31.4 Å². The van der Waals surface area contributed by atoms with Crippen LogP contribution in [0.5, 0.6) is 0 Å². The summed E-state index contributed by atoms with van der Waals surface area (Å²) in [5, 5.41) is 2.74. The maximum Gasteiger partial charge on any atom is 0.262 e. The molecule has 116 valence electrons. The molecule has 22 heavy (non-hydrogen) atoms. The zero-order chi connectivity index (χ0) is 16.2. The van der Waals surface area contributed by atoms with E-state index in [1.807, 2.05) is 17.0 Å². The van der Waals surface area contributed by atoms with Crippen molar-refractivity contribution in [3.8, 4) is 0 Å². The van der Waals surface area contributed by atoms with Crippen molar-refractivity contribution in [2.45, 2.75) is 4.90 Å². The first-order valence-electron chi connectivity index (χ1n) is 6.14. The summed E-state index contributed by atoms with van der Waals surface area (Å²) in [6.45, 7) is 0. The highest BCUT2D eigenvalue weighted by Crippen LogP contribution is 2.14. The van der Waals surface area contributed by atoms with E-state index in [9.17, 15) is 13.2 Å². The zero-order valence-electron chi connectivity index (χ0n) is 11.5. The first-order valence-corrected chi connectivity index (χ1v) is 8.70. The van der Waals surface area contributed by atoms with Gasteiger partial charge in [-0.05, 0) is 71.1 Å². The Balaban J connectivity index is 2.13. The fourth-order valence-electron chi connectivity index (χ4n) is 1.68. The van der Waals surface area contributed by atoms with Gasteiger partial charge in [-0.1, -0.05) is 4.89 Å². The van der Waals surface area contributed by atoms with Crippen molar-refractivity contribution < 1.29 is 18.0 Å². The maximum absolute atomic E-state index is 12.1. The summed E-state index contributed by atoms with van der Waals surface area (Å²) in [6.07, 6.45) is 0. The van der Waals surface area contributed by atoms with E-state index in [4.69, 9.17) is 0 Å². The minimum Gasteiger partial charge on any atom is -0.322 e. The number of hydrogen-bond acceptors (Lipinski definition) is 4. The Hall–Kier alpha value is -1.49. The monoisotopic (exact) mass is 432 g/mol. The maximum atomic E-state index is 12.1. The number of benzene rings is 2. The van der Waals surface area contributed by atoms with Gasteiger partial charge in [0, 0.05) is 14.8 Å². The predicted octanol–water partition coefficient (Wildman–Crippen LogP) is 2.38. The van der Waals surface area contributed by atoms with Crippen molar-refractivity contribution in [3.05, 3.63) is 57.7 Å². The number of hydrogen-bond donors (Lipinski definition) is 2. The second-order valence-electron chi connectivity index (χ2n) is 4.28. The quantitative estimate of drug-likeness (QED) is 0.562. The molecule has 0 aliphatic rings. The van der Waals surface area contributed by atoms with E-state index < -0.39 is 10.0 Å². The molecule has 0 spiro atoms. The number of carbonyl (C=O) groups excluding carboxylic acids is 1. The van der Waals surface area contributed by atoms with Gasteiger partial charge in [0.2, 0.25) is 0 Å². The van der Waals surface area contributed by atoms with Crippen molar-refractivity contribution in [1.29, 1.82) is 0 Å². The molecule has 0 aliphatic carbocycles. The molecule has 6 nitrogen and oxygen atoms in total. The summed E-state index contributed by atoms with van der Waals surface area (Å²) in [6, 6.07) is 12.9. The van der Waals surface area contributed by atoms with Crippen LogP contribution in [0, 0.1) is 3.57 Å². The predicted molar refractivity (Wildman–Crippen MR) is 90.9 cm³/mol. The van der Waals surface area contributed by atoms with E-state index in [1.54, 1.807) is 12.1 Å². The molecule has 2 N–H and O–H groups in total. The third-order valence-electron chi connectivity index (χ3n) is 2.72. The molecule has 0 saturated carbocycles. The molecular formula is C14H13IN2O4S. The number of amides is 1. The van der Waals surface area contributed by atoms with Crippen LogP contribution in [0.15, 0.2) is 53.4 Å². The Kier molecular flexibility index (Phi) is 5.51. The second kappa shape index (κ2) is 7.18. The molecule has 8 heteroatoms. The molecule has 2 aromatic carbocycles. The van der Waals surface area contributed by atoms with Crippen LogP contribution in [-0.2, 0) is 14.9 Å². The fraction of sp³-hybridized carbons (Fsp3) is 0.0714. The molecule has 0 bridgehead atoms. The number of halogens is 1. The Bertz CT molecular complexity index is 758. The standard InChI is InChI=1S/C14H13IN2O4S/c1-21-17-22(19,20)13-8-2-10(3-9-13)14(18)16-12-6-4-11(15)5-7-12/h2-9,17H,1H3,(H,16,18). The molecular weight excluding hydrogens is 419 g/mol. The minimum absolute atomic E-state index is 0.0140. The Labute approximate surface area is 142 Å². The molecule has 1 amide bonds. The van der Waals surface area contributed by atoms with E-state index in [2.05, 4.69) is 32.7 Å². The third-order valence-corrected chi connectivity index (χ3v) is 4.72. The van der Waals surface area contributed by atoms with Crippen LogP contribution in [0.3, 0.4) is 0 Å². The van der Waals surface area contributed by atoms with Crippen LogP contribution < -0.4 is 10.2 Å². The molecule has 0 atom stereocenters. The molecule has 0 unspecified atom stereocenters. The summed E-state index contributed by atoms with van der Waals surface area (Å²) in [4.78, 5) is 18.4. The largest absolute Gasteiger partial charge is 0.322 e. The number of carbonyl (C=O) groups is 1. The van der Waals surface area contributed by atoms with Gasteiger partial charge in [0.15, 0.2) is 0 Å². The molecule has 2 rings (SSSR count). The molecule has 0 radical (unpaired) electrons. The van der Waals surface area contributed by atoms with Gasteiger partial charge in [0.25, 0.3) is 15.9 Å². The van der Waals surface area contributed by atoms with Gasteiger partial charge < -0.3 is 5.32 Å². The molecule has 0 aliphatic heterocycles. The summed E-state index contributed by atoms with van der Waals surface area (Å²) in [5.74, 6) is -0.315. The molecule has 2 aromatic rings. The average Bonchev–Trinajstić information content (AvgIpc) is 2.49. The third kappa shape index (κ3) is 4.26. The van der Waals surface area contributed by atoms with Gasteiger partial charge in [0.1, 0.15) is 0 Å². The Morgan fingerprint density at radius 3 is 2.18 bits per heavy atom. The normalized spacial score (nSPS) is 11.2. The SMILES string of the molecule is CONS(=O)(=O)c1ccc(C(=O)Nc2ccc(I)cc2)cc1. The highest BCUT2D eigenvalue weighted by molar-refractivity contribution is 14.1. The van der Waals surface area contributed by atoms with Gasteiger partial charge in [-0.25, -0.2) is 8.42 Å². The lowest BCUT2D eigenvalue weighted by Gasteiger charge is -2.07. The van der Waals surface area contributed by atoms with Crippen molar-refractivity contribution in [2.24, 2.45) is 0 Å². The number of rotatable bonds is 5. The van der Waals surface area contributed by atoms with E-state index in [0.29, 0.717) is 11.3 Å². The summed E-state index contributed by atoms with van der Waals surface area (Å²) < 4.78 is 24.5. The summed E-state index contributed by atoms with van der Waals surface area (Å²) in [7, 11) is -2.51.